The number of anilines is 1. The Balaban J connectivity index is 1.74. The third-order valence-corrected chi connectivity index (χ3v) is 3.72. The molecule has 0 atom stereocenters. The van der Waals surface area contributed by atoms with E-state index in [0.717, 1.165) is 38.5 Å². The van der Waals surface area contributed by atoms with Gasteiger partial charge in [-0.25, -0.2) is 0 Å². The Morgan fingerprint density at radius 2 is 1.95 bits per heavy atom. The minimum Gasteiger partial charge on any atom is -0.497 e. The molecule has 1 fully saturated rings. The summed E-state index contributed by atoms with van der Waals surface area (Å²) in [5, 5.41) is 2.81. The van der Waals surface area contributed by atoms with Crippen molar-refractivity contribution in [1.29, 1.82) is 0 Å². The molecule has 1 aliphatic heterocycles. The maximum Gasteiger partial charge on any atom is 0.243 e. The molecule has 1 amide bonds. The number of nitrogens with one attached hydrogen (secondary N) is 1. The lowest BCUT2D eigenvalue weighted by Gasteiger charge is -2.36. The van der Waals surface area contributed by atoms with Crippen LogP contribution in [0, 0.1) is 0 Å². The molecule has 21 heavy (non-hydrogen) atoms. The summed E-state index contributed by atoms with van der Waals surface area (Å²) in [6.45, 7) is 9.02. The Morgan fingerprint density at radius 3 is 2.52 bits per heavy atom. The van der Waals surface area contributed by atoms with Crippen LogP contribution in [0.15, 0.2) is 36.9 Å². The second-order valence-electron chi connectivity index (χ2n) is 5.02. The zero-order valence-electron chi connectivity index (χ0n) is 12.5. The number of rotatable bonds is 6. The molecule has 0 radical (unpaired) electrons. The first-order chi connectivity index (χ1) is 10.2. The monoisotopic (exact) mass is 289 g/mol. The number of hydrogen-bond donors (Lipinski definition) is 1. The normalized spacial score (nSPS) is 15.6. The largest absolute Gasteiger partial charge is 0.497 e. The lowest BCUT2D eigenvalue weighted by atomic mass is 10.2. The van der Waals surface area contributed by atoms with Crippen LogP contribution in [0.25, 0.3) is 0 Å². The van der Waals surface area contributed by atoms with E-state index < -0.39 is 0 Å². The van der Waals surface area contributed by atoms with E-state index in [1.807, 2.05) is 12.1 Å². The second-order valence-corrected chi connectivity index (χ2v) is 5.02. The third-order valence-electron chi connectivity index (χ3n) is 3.72. The summed E-state index contributed by atoms with van der Waals surface area (Å²) < 4.78 is 5.18. The van der Waals surface area contributed by atoms with Crippen LogP contribution in [0.4, 0.5) is 5.69 Å². The predicted molar refractivity (Wildman–Crippen MR) is 84.9 cm³/mol. The third kappa shape index (κ3) is 4.49. The molecule has 0 aromatic heterocycles. The van der Waals surface area contributed by atoms with Gasteiger partial charge in [0.2, 0.25) is 5.91 Å². The van der Waals surface area contributed by atoms with E-state index in [0.29, 0.717) is 6.54 Å². The second kappa shape index (κ2) is 7.69. The number of piperazine rings is 1. The van der Waals surface area contributed by atoms with Crippen LogP contribution in [0.3, 0.4) is 0 Å². The van der Waals surface area contributed by atoms with Crippen molar-refractivity contribution < 1.29 is 9.53 Å². The molecule has 0 aliphatic carbocycles. The van der Waals surface area contributed by atoms with Crippen molar-refractivity contribution in [2.75, 3.05) is 51.3 Å². The number of ether oxygens (including phenoxy) is 1. The minimum absolute atomic E-state index is 0.105. The Hall–Kier alpha value is -2.01. The zero-order chi connectivity index (χ0) is 15.1. The first-order valence-corrected chi connectivity index (χ1v) is 7.24. The van der Waals surface area contributed by atoms with Crippen molar-refractivity contribution in [3.05, 3.63) is 36.9 Å². The molecule has 0 unspecified atom stereocenters. The predicted octanol–water partition coefficient (Wildman–Crippen LogP) is 1.12. The van der Waals surface area contributed by atoms with E-state index >= 15 is 0 Å². The molecule has 2 rings (SSSR count). The first kappa shape index (κ1) is 15.4. The quantitative estimate of drug-likeness (QED) is 0.797. The summed E-state index contributed by atoms with van der Waals surface area (Å²) in [4.78, 5) is 15.8. The van der Waals surface area contributed by atoms with Crippen molar-refractivity contribution >= 4 is 11.6 Å². The van der Waals surface area contributed by atoms with Gasteiger partial charge in [-0.05, 0) is 30.3 Å². The smallest absolute Gasteiger partial charge is 0.243 e. The van der Waals surface area contributed by atoms with Gasteiger partial charge in [0.25, 0.3) is 0 Å². The zero-order valence-corrected chi connectivity index (χ0v) is 12.5. The van der Waals surface area contributed by atoms with E-state index in [1.54, 1.807) is 7.11 Å². The van der Waals surface area contributed by atoms with Gasteiger partial charge in [0, 0.05) is 45.0 Å². The summed E-state index contributed by atoms with van der Waals surface area (Å²) in [5.74, 6) is 0.780. The maximum atomic E-state index is 11.1. The van der Waals surface area contributed by atoms with Gasteiger partial charge in [0.15, 0.2) is 0 Å². The van der Waals surface area contributed by atoms with E-state index in [2.05, 4.69) is 33.8 Å². The van der Waals surface area contributed by atoms with Crippen molar-refractivity contribution in [2.45, 2.75) is 0 Å². The minimum atomic E-state index is -0.105. The summed E-state index contributed by atoms with van der Waals surface area (Å²) in [5.41, 5.74) is 1.23. The van der Waals surface area contributed by atoms with Crippen LogP contribution in [0.5, 0.6) is 5.75 Å². The van der Waals surface area contributed by atoms with E-state index in [4.69, 9.17) is 4.74 Å². The van der Waals surface area contributed by atoms with Crippen molar-refractivity contribution in [2.24, 2.45) is 0 Å². The molecular weight excluding hydrogens is 266 g/mol. The molecule has 1 aromatic rings. The van der Waals surface area contributed by atoms with Crippen molar-refractivity contribution in [3.8, 4) is 5.75 Å². The number of carbonyl (C=O) groups is 1. The fourth-order valence-electron chi connectivity index (χ4n) is 2.43. The van der Waals surface area contributed by atoms with Gasteiger partial charge in [-0.2, -0.15) is 0 Å². The van der Waals surface area contributed by atoms with Crippen molar-refractivity contribution in [3.63, 3.8) is 0 Å². The highest BCUT2D eigenvalue weighted by Gasteiger charge is 2.16. The van der Waals surface area contributed by atoms with Crippen LogP contribution in [-0.2, 0) is 4.79 Å². The van der Waals surface area contributed by atoms with Crippen LogP contribution in [-0.4, -0.2) is 57.2 Å². The van der Waals surface area contributed by atoms with Gasteiger partial charge in [0.1, 0.15) is 5.75 Å². The Labute approximate surface area is 126 Å². The van der Waals surface area contributed by atoms with Gasteiger partial charge in [-0.1, -0.05) is 6.58 Å². The van der Waals surface area contributed by atoms with E-state index in [9.17, 15) is 4.79 Å². The number of carbonyl (C=O) groups excluding carboxylic acids is 1. The number of nitrogens with zero attached hydrogens (tertiary/aromatic N) is 2. The molecule has 5 heteroatoms. The molecule has 0 saturated carbocycles. The Bertz CT molecular complexity index is 465. The highest BCUT2D eigenvalue weighted by atomic mass is 16.5. The van der Waals surface area contributed by atoms with Crippen LogP contribution in [0.2, 0.25) is 0 Å². The summed E-state index contributed by atoms with van der Waals surface area (Å²) in [6.07, 6.45) is 1.31. The molecule has 0 bridgehead atoms. The highest BCUT2D eigenvalue weighted by Crippen LogP contribution is 2.20. The molecule has 0 spiro atoms. The lowest BCUT2D eigenvalue weighted by molar-refractivity contribution is -0.116. The van der Waals surface area contributed by atoms with Crippen LogP contribution in [0.1, 0.15) is 0 Å². The number of amides is 1. The fourth-order valence-corrected chi connectivity index (χ4v) is 2.43. The topological polar surface area (TPSA) is 44.8 Å². The lowest BCUT2D eigenvalue weighted by Crippen LogP contribution is -2.48. The molecule has 5 nitrogen and oxygen atoms in total. The van der Waals surface area contributed by atoms with Gasteiger partial charge in [0.05, 0.1) is 7.11 Å². The summed E-state index contributed by atoms with van der Waals surface area (Å²) in [6, 6.07) is 8.18. The molecule has 1 aliphatic rings. The summed E-state index contributed by atoms with van der Waals surface area (Å²) >= 11 is 0. The van der Waals surface area contributed by atoms with Gasteiger partial charge < -0.3 is 15.0 Å². The van der Waals surface area contributed by atoms with E-state index in [-0.39, 0.29) is 5.91 Å². The molecule has 1 heterocycles. The average Bonchev–Trinajstić information content (AvgIpc) is 2.55. The number of benzene rings is 1. The standard InChI is InChI=1S/C16H23N3O2/c1-3-16(20)17-8-9-18-10-12-19(13-11-18)14-4-6-15(21-2)7-5-14/h3-7H,1,8-13H2,2H3,(H,17,20). The van der Waals surface area contributed by atoms with Gasteiger partial charge in [-0.15, -0.1) is 0 Å². The van der Waals surface area contributed by atoms with Crippen LogP contribution >= 0.6 is 0 Å². The molecule has 1 saturated heterocycles. The van der Waals surface area contributed by atoms with Crippen molar-refractivity contribution in [1.82, 2.24) is 10.2 Å². The molecule has 1 aromatic carbocycles. The summed E-state index contributed by atoms with van der Waals surface area (Å²) in [7, 11) is 1.68. The fraction of sp³-hybridized carbons (Fsp3) is 0.438. The Kier molecular flexibility index (Phi) is 5.63. The van der Waals surface area contributed by atoms with Crippen LogP contribution < -0.4 is 15.0 Å². The highest BCUT2D eigenvalue weighted by molar-refractivity contribution is 5.86. The van der Waals surface area contributed by atoms with Gasteiger partial charge in [-0.3, -0.25) is 9.69 Å². The molecule has 1 N–H and O–H groups in total. The average molecular weight is 289 g/mol. The maximum absolute atomic E-state index is 11.1. The first-order valence-electron chi connectivity index (χ1n) is 7.24. The number of methoxy groups -OCH3 is 1. The van der Waals surface area contributed by atoms with E-state index in [1.165, 1.54) is 11.8 Å². The molecule has 114 valence electrons. The SMILES string of the molecule is C=CC(=O)NCCN1CCN(c2ccc(OC)cc2)CC1. The van der Waals surface area contributed by atoms with Gasteiger partial charge >= 0.3 is 0 Å². The number of hydrogen-bond acceptors (Lipinski definition) is 4. The Morgan fingerprint density at radius 1 is 1.29 bits per heavy atom. The molecular formula is C16H23N3O2.